The maximum absolute atomic E-state index is 12.8. The summed E-state index contributed by atoms with van der Waals surface area (Å²) in [6, 6.07) is 6.89. The molecule has 1 fully saturated rings. The van der Waals surface area contributed by atoms with Gasteiger partial charge in [0.25, 0.3) is 11.8 Å². The lowest BCUT2D eigenvalue weighted by molar-refractivity contribution is -0.904. The summed E-state index contributed by atoms with van der Waals surface area (Å²) in [5.74, 6) is 0.836. The zero-order valence-corrected chi connectivity index (χ0v) is 18.9. The number of carbonyl (C=O) groups excluding carboxylic acids is 3. The molecule has 5 atom stereocenters. The van der Waals surface area contributed by atoms with Crippen molar-refractivity contribution in [1.82, 2.24) is 5.32 Å². The first-order valence-corrected chi connectivity index (χ1v) is 11.0. The molecule has 7 heteroatoms. The van der Waals surface area contributed by atoms with Crippen LogP contribution in [-0.4, -0.2) is 42.9 Å². The fraction of sp³-hybridized carbons (Fsp3) is 0.609. The van der Waals surface area contributed by atoms with E-state index in [-0.39, 0.29) is 36.3 Å². The van der Waals surface area contributed by atoms with Crippen molar-refractivity contribution < 1.29 is 19.3 Å². The van der Waals surface area contributed by atoms with E-state index >= 15 is 0 Å². The van der Waals surface area contributed by atoms with Gasteiger partial charge < -0.3 is 20.9 Å². The highest BCUT2D eigenvalue weighted by Crippen LogP contribution is 2.29. The van der Waals surface area contributed by atoms with Crippen LogP contribution < -0.4 is 20.9 Å². The van der Waals surface area contributed by atoms with Crippen LogP contribution in [0.5, 0.6) is 0 Å². The molecular formula is C23H37N4O3+. The second-order valence-electron chi connectivity index (χ2n) is 8.60. The van der Waals surface area contributed by atoms with E-state index in [4.69, 9.17) is 0 Å². The van der Waals surface area contributed by atoms with Gasteiger partial charge in [-0.15, -0.1) is 0 Å². The molecule has 30 heavy (non-hydrogen) atoms. The van der Waals surface area contributed by atoms with Gasteiger partial charge in [0, 0.05) is 24.3 Å². The second kappa shape index (κ2) is 11.1. The molecule has 1 aromatic rings. The first kappa shape index (κ1) is 23.9. The van der Waals surface area contributed by atoms with Crippen molar-refractivity contribution in [1.29, 1.82) is 0 Å². The van der Waals surface area contributed by atoms with Crippen LogP contribution >= 0.6 is 0 Å². The van der Waals surface area contributed by atoms with Crippen LogP contribution in [0.4, 0.5) is 11.4 Å². The highest BCUT2D eigenvalue weighted by atomic mass is 16.2. The largest absolute Gasteiger partial charge is 0.348 e. The summed E-state index contributed by atoms with van der Waals surface area (Å²) < 4.78 is 0. The Labute approximate surface area is 180 Å². The summed E-state index contributed by atoms with van der Waals surface area (Å²) >= 11 is 0. The maximum Gasteiger partial charge on any atom is 0.279 e. The van der Waals surface area contributed by atoms with E-state index in [1.165, 1.54) is 13.3 Å². The topological polar surface area (TPSA) is 91.7 Å². The molecule has 0 spiro atoms. The van der Waals surface area contributed by atoms with E-state index in [0.717, 1.165) is 17.7 Å². The molecule has 1 aliphatic carbocycles. The Morgan fingerprint density at radius 1 is 1.07 bits per heavy atom. The van der Waals surface area contributed by atoms with Gasteiger partial charge in [-0.2, -0.15) is 0 Å². The molecular weight excluding hydrogens is 380 g/mol. The number of hydrogen-bond acceptors (Lipinski definition) is 3. The third-order valence-corrected chi connectivity index (χ3v) is 6.37. The lowest BCUT2D eigenvalue weighted by Crippen LogP contribution is -3.17. The standard InChI is InChI=1S/C23H36N4O3/c1-6-27(17(4)23(30)26-21-9-7-8-15(2)16(21)3)14-22(29)25-20-12-10-19(11-13-20)24-18(5)28/h10-13,15-17,21H,6-9,14H2,1-5H3,(H,24,28)(H,25,29)(H,26,30)/p+1/t15-,16-,17+,21+/m0/s1. The summed E-state index contributed by atoms with van der Waals surface area (Å²) in [6.07, 6.45) is 3.40. The molecule has 0 saturated heterocycles. The summed E-state index contributed by atoms with van der Waals surface area (Å²) in [4.78, 5) is 37.4. The van der Waals surface area contributed by atoms with Gasteiger partial charge in [-0.25, -0.2) is 0 Å². The van der Waals surface area contributed by atoms with Crippen LogP contribution in [0.3, 0.4) is 0 Å². The molecule has 1 saturated carbocycles. The number of likely N-dealkylation sites (N-methyl/N-ethyl adjacent to an activating group) is 1. The molecule has 0 heterocycles. The Balaban J connectivity index is 1.89. The van der Waals surface area contributed by atoms with Crippen LogP contribution in [-0.2, 0) is 14.4 Å². The summed E-state index contributed by atoms with van der Waals surface area (Å²) in [7, 11) is 0. The average Bonchev–Trinajstić information content (AvgIpc) is 2.70. The Morgan fingerprint density at radius 2 is 1.67 bits per heavy atom. The zero-order chi connectivity index (χ0) is 22.3. The normalized spacial score (nSPS) is 23.2. The molecule has 7 nitrogen and oxygen atoms in total. The zero-order valence-electron chi connectivity index (χ0n) is 18.9. The average molecular weight is 418 g/mol. The smallest absolute Gasteiger partial charge is 0.279 e. The number of rotatable bonds is 8. The van der Waals surface area contributed by atoms with Gasteiger partial charge in [0.2, 0.25) is 5.91 Å². The molecule has 2 rings (SSSR count). The van der Waals surface area contributed by atoms with Gasteiger partial charge in [-0.3, -0.25) is 14.4 Å². The van der Waals surface area contributed by atoms with Crippen molar-refractivity contribution in [3.05, 3.63) is 24.3 Å². The molecule has 0 aliphatic heterocycles. The number of carbonyl (C=O) groups is 3. The first-order valence-electron chi connectivity index (χ1n) is 11.0. The van der Waals surface area contributed by atoms with E-state index in [0.29, 0.717) is 29.8 Å². The van der Waals surface area contributed by atoms with Crippen LogP contribution in [0.15, 0.2) is 24.3 Å². The van der Waals surface area contributed by atoms with E-state index in [1.54, 1.807) is 24.3 Å². The van der Waals surface area contributed by atoms with Crippen LogP contribution in [0.2, 0.25) is 0 Å². The van der Waals surface area contributed by atoms with Gasteiger partial charge >= 0.3 is 0 Å². The molecule has 166 valence electrons. The molecule has 3 amide bonds. The molecule has 4 N–H and O–H groups in total. The predicted octanol–water partition coefficient (Wildman–Crippen LogP) is 1.82. The molecule has 0 bridgehead atoms. The van der Waals surface area contributed by atoms with Crippen molar-refractivity contribution in [3.63, 3.8) is 0 Å². The highest BCUT2D eigenvalue weighted by Gasteiger charge is 2.32. The minimum Gasteiger partial charge on any atom is -0.348 e. The predicted molar refractivity (Wildman–Crippen MR) is 119 cm³/mol. The first-order chi connectivity index (χ1) is 14.2. The maximum atomic E-state index is 12.8. The SMILES string of the molecule is CC[NH+](CC(=O)Nc1ccc(NC(C)=O)cc1)[C@H](C)C(=O)N[C@@H]1CCC[C@H](C)[C@@H]1C. The van der Waals surface area contributed by atoms with E-state index in [1.807, 2.05) is 13.8 Å². The van der Waals surface area contributed by atoms with E-state index < -0.39 is 0 Å². The van der Waals surface area contributed by atoms with Crippen molar-refractivity contribution in [3.8, 4) is 0 Å². The number of anilines is 2. The molecule has 0 radical (unpaired) electrons. The Morgan fingerprint density at radius 3 is 2.23 bits per heavy atom. The number of quaternary nitrogens is 1. The van der Waals surface area contributed by atoms with Gasteiger partial charge in [-0.1, -0.05) is 26.7 Å². The minimum atomic E-state index is -0.299. The molecule has 1 aliphatic rings. The van der Waals surface area contributed by atoms with E-state index in [2.05, 4.69) is 29.8 Å². The lowest BCUT2D eigenvalue weighted by atomic mass is 9.78. The fourth-order valence-electron chi connectivity index (χ4n) is 4.11. The Kier molecular flexibility index (Phi) is 8.84. The van der Waals surface area contributed by atoms with Crippen molar-refractivity contribution >= 4 is 29.1 Å². The van der Waals surface area contributed by atoms with Crippen molar-refractivity contribution in [2.75, 3.05) is 23.7 Å². The van der Waals surface area contributed by atoms with Gasteiger partial charge in [0.1, 0.15) is 0 Å². The quantitative estimate of drug-likeness (QED) is 0.520. The summed E-state index contributed by atoms with van der Waals surface area (Å²) in [6.45, 7) is 10.7. The number of benzene rings is 1. The van der Waals surface area contributed by atoms with E-state index in [9.17, 15) is 14.4 Å². The minimum absolute atomic E-state index is 0.0188. The summed E-state index contributed by atoms with van der Waals surface area (Å²) in [5.41, 5.74) is 1.34. The lowest BCUT2D eigenvalue weighted by Gasteiger charge is -2.35. The summed E-state index contributed by atoms with van der Waals surface area (Å²) in [5, 5.41) is 8.80. The van der Waals surface area contributed by atoms with Crippen molar-refractivity contribution in [2.24, 2.45) is 11.8 Å². The number of amides is 3. The van der Waals surface area contributed by atoms with Gasteiger partial charge in [-0.05, 0) is 56.4 Å². The van der Waals surface area contributed by atoms with Crippen molar-refractivity contribution in [2.45, 2.75) is 66.0 Å². The van der Waals surface area contributed by atoms with Crippen LogP contribution in [0.1, 0.15) is 53.9 Å². The molecule has 1 aromatic carbocycles. The highest BCUT2D eigenvalue weighted by molar-refractivity contribution is 5.93. The Bertz CT molecular complexity index is 734. The number of nitrogens with one attached hydrogen (secondary N) is 4. The Hall–Kier alpha value is -2.41. The van der Waals surface area contributed by atoms with Crippen LogP contribution in [0, 0.1) is 11.8 Å². The monoisotopic (exact) mass is 417 g/mol. The third kappa shape index (κ3) is 6.83. The third-order valence-electron chi connectivity index (χ3n) is 6.37. The van der Waals surface area contributed by atoms with Crippen LogP contribution in [0.25, 0.3) is 0 Å². The van der Waals surface area contributed by atoms with Gasteiger partial charge in [0.15, 0.2) is 12.6 Å². The molecule has 1 unspecified atom stereocenters. The molecule has 0 aromatic heterocycles. The number of hydrogen-bond donors (Lipinski definition) is 4. The van der Waals surface area contributed by atoms with Gasteiger partial charge in [0.05, 0.1) is 6.54 Å². The second-order valence-corrected chi connectivity index (χ2v) is 8.60. The fourth-order valence-corrected chi connectivity index (χ4v) is 4.11.